The van der Waals surface area contributed by atoms with Gasteiger partial charge in [0.05, 0.1) is 20.3 Å². The maximum atomic E-state index is 12.2. The summed E-state index contributed by atoms with van der Waals surface area (Å²) >= 11 is 0. The summed E-state index contributed by atoms with van der Waals surface area (Å²) in [5, 5.41) is 0. The topological polar surface area (TPSA) is 61.8 Å². The van der Waals surface area contributed by atoms with Crippen molar-refractivity contribution in [1.29, 1.82) is 0 Å². The minimum atomic E-state index is -5.72. The fourth-order valence-corrected chi connectivity index (χ4v) is 1.85. The minimum Gasteiger partial charge on any atom is -0.497 e. The van der Waals surface area contributed by atoms with E-state index < -0.39 is 21.4 Å². The van der Waals surface area contributed by atoms with Gasteiger partial charge in [-0.15, -0.1) is 0 Å². The lowest BCUT2D eigenvalue weighted by molar-refractivity contribution is -0.0520. The Morgan fingerprint density at radius 1 is 1.26 bits per heavy atom. The Morgan fingerprint density at radius 3 is 2.35 bits per heavy atom. The third kappa shape index (κ3) is 5.95. The van der Waals surface area contributed by atoms with Crippen molar-refractivity contribution in [1.82, 2.24) is 0 Å². The molecular weight excluding hydrogens is 337 g/mol. The van der Waals surface area contributed by atoms with E-state index in [1.165, 1.54) is 7.11 Å². The summed E-state index contributed by atoms with van der Waals surface area (Å²) in [4.78, 5) is 0. The molecule has 0 N–H and O–H groups in total. The van der Waals surface area contributed by atoms with E-state index in [-0.39, 0.29) is 13.2 Å². The molecule has 0 saturated heterocycles. The molecule has 0 saturated carbocycles. The molecule has 5 nitrogen and oxygen atoms in total. The summed E-state index contributed by atoms with van der Waals surface area (Å²) < 4.78 is 72.4. The molecule has 0 heterocycles. The Labute approximate surface area is 132 Å². The Bertz CT molecular complexity index is 648. The first kappa shape index (κ1) is 19.0. The number of allylic oxidation sites excluding steroid dienone is 1. The van der Waals surface area contributed by atoms with Crippen LogP contribution in [0, 0.1) is 0 Å². The molecule has 0 radical (unpaired) electrons. The number of halogens is 3. The number of ether oxygens (including phenoxy) is 2. The van der Waals surface area contributed by atoms with E-state index in [4.69, 9.17) is 9.47 Å². The lowest BCUT2D eigenvalue weighted by Crippen LogP contribution is -2.25. The Hall–Kier alpha value is -2.00. The van der Waals surface area contributed by atoms with Gasteiger partial charge in [-0.25, -0.2) is 0 Å². The van der Waals surface area contributed by atoms with Crippen molar-refractivity contribution in [3.05, 3.63) is 54.3 Å². The van der Waals surface area contributed by atoms with Gasteiger partial charge in [-0.05, 0) is 29.8 Å². The first-order valence-corrected chi connectivity index (χ1v) is 7.64. The van der Waals surface area contributed by atoms with E-state index in [9.17, 15) is 21.6 Å². The molecule has 1 rings (SSSR count). The number of rotatable bonds is 8. The van der Waals surface area contributed by atoms with Gasteiger partial charge in [0, 0.05) is 0 Å². The van der Waals surface area contributed by atoms with E-state index in [0.717, 1.165) is 17.7 Å². The molecule has 9 heteroatoms. The van der Waals surface area contributed by atoms with Crippen LogP contribution in [0.4, 0.5) is 13.2 Å². The highest BCUT2D eigenvalue weighted by Crippen LogP contribution is 2.26. The number of methoxy groups -OCH3 is 1. The number of benzene rings is 1. The molecule has 0 spiro atoms. The van der Waals surface area contributed by atoms with Crippen LogP contribution in [0.15, 0.2) is 48.8 Å². The van der Waals surface area contributed by atoms with Gasteiger partial charge in [0.2, 0.25) is 0 Å². The molecule has 0 bridgehead atoms. The Balaban J connectivity index is 2.55. The molecule has 128 valence electrons. The highest BCUT2D eigenvalue weighted by atomic mass is 32.2. The quantitative estimate of drug-likeness (QED) is 0.236. The lowest BCUT2D eigenvalue weighted by Gasteiger charge is -2.10. The summed E-state index contributed by atoms with van der Waals surface area (Å²) in [6.07, 6.45) is 1.89. The highest BCUT2D eigenvalue weighted by molar-refractivity contribution is 7.87. The molecule has 1 aromatic rings. The lowest BCUT2D eigenvalue weighted by atomic mass is 10.2. The van der Waals surface area contributed by atoms with Crippen molar-refractivity contribution in [2.75, 3.05) is 13.7 Å². The first-order chi connectivity index (χ1) is 10.7. The average Bonchev–Trinajstić information content (AvgIpc) is 2.49. The van der Waals surface area contributed by atoms with Crippen molar-refractivity contribution < 1.29 is 35.2 Å². The second-order valence-corrected chi connectivity index (χ2v) is 5.69. The van der Waals surface area contributed by atoms with Crippen LogP contribution >= 0.6 is 0 Å². The Kier molecular flexibility index (Phi) is 6.64. The van der Waals surface area contributed by atoms with Crippen molar-refractivity contribution in [3.63, 3.8) is 0 Å². The molecule has 0 unspecified atom stereocenters. The van der Waals surface area contributed by atoms with E-state index in [0.29, 0.717) is 5.75 Å². The third-order valence-electron chi connectivity index (χ3n) is 2.52. The van der Waals surface area contributed by atoms with Crippen molar-refractivity contribution >= 4 is 10.1 Å². The standard InChI is InChI=1S/C14H15F3O5S/c1-3-12(22-23(18,19)14(15,16)17)8-9-21-10-11-4-6-13(20-2)7-5-11/h3-8H,1,9-10H2,2H3/b12-8-. The fraction of sp³-hybridized carbons (Fsp3) is 0.286. The molecule has 23 heavy (non-hydrogen) atoms. The van der Waals surface area contributed by atoms with Crippen LogP contribution in [0.1, 0.15) is 5.56 Å². The zero-order valence-electron chi connectivity index (χ0n) is 12.2. The van der Waals surface area contributed by atoms with Crippen LogP contribution in [0.3, 0.4) is 0 Å². The van der Waals surface area contributed by atoms with Gasteiger partial charge >= 0.3 is 15.6 Å². The number of alkyl halides is 3. The second kappa shape index (κ2) is 8.02. The van der Waals surface area contributed by atoms with Gasteiger partial charge in [-0.2, -0.15) is 21.6 Å². The molecule has 0 aliphatic carbocycles. The van der Waals surface area contributed by atoms with Crippen molar-refractivity contribution in [2.24, 2.45) is 0 Å². The molecule has 0 fully saturated rings. The van der Waals surface area contributed by atoms with Gasteiger partial charge in [-0.3, -0.25) is 0 Å². The zero-order chi connectivity index (χ0) is 17.5. The summed E-state index contributed by atoms with van der Waals surface area (Å²) in [6.45, 7) is 3.21. The van der Waals surface area contributed by atoms with Crippen LogP contribution in [-0.2, 0) is 25.6 Å². The smallest absolute Gasteiger partial charge is 0.497 e. The predicted molar refractivity (Wildman–Crippen MR) is 77.0 cm³/mol. The van der Waals surface area contributed by atoms with Gasteiger partial charge in [0.15, 0.2) is 0 Å². The van der Waals surface area contributed by atoms with E-state index in [1.54, 1.807) is 24.3 Å². The molecular formula is C14H15F3O5S. The maximum absolute atomic E-state index is 12.2. The van der Waals surface area contributed by atoms with Crippen LogP contribution < -0.4 is 4.74 Å². The third-order valence-corrected chi connectivity index (χ3v) is 3.50. The molecule has 0 atom stereocenters. The summed E-state index contributed by atoms with van der Waals surface area (Å²) in [5.41, 5.74) is -4.69. The number of hydrogen-bond donors (Lipinski definition) is 0. The molecule has 1 aromatic carbocycles. The van der Waals surface area contributed by atoms with Crippen LogP contribution in [0.2, 0.25) is 0 Å². The monoisotopic (exact) mass is 352 g/mol. The summed E-state index contributed by atoms with van der Waals surface area (Å²) in [7, 11) is -4.19. The van der Waals surface area contributed by atoms with Crippen molar-refractivity contribution in [3.8, 4) is 5.75 Å². The molecule has 0 aliphatic rings. The largest absolute Gasteiger partial charge is 0.534 e. The SMILES string of the molecule is C=C/C(=C/COCc1ccc(OC)cc1)OS(=O)(=O)C(F)(F)F. The van der Waals surface area contributed by atoms with E-state index >= 15 is 0 Å². The second-order valence-electron chi connectivity index (χ2n) is 4.16. The van der Waals surface area contributed by atoms with Crippen LogP contribution in [0.5, 0.6) is 5.75 Å². The van der Waals surface area contributed by atoms with E-state index in [1.807, 2.05) is 0 Å². The van der Waals surface area contributed by atoms with Crippen molar-refractivity contribution in [2.45, 2.75) is 12.1 Å². The predicted octanol–water partition coefficient (Wildman–Crippen LogP) is 3.15. The summed E-state index contributed by atoms with van der Waals surface area (Å²) in [5.74, 6) is 0.116. The molecule has 0 aromatic heterocycles. The minimum absolute atomic E-state index is 0.152. The van der Waals surface area contributed by atoms with Gasteiger partial charge in [0.25, 0.3) is 0 Å². The first-order valence-electron chi connectivity index (χ1n) is 6.23. The normalized spacial score (nSPS) is 12.8. The van der Waals surface area contributed by atoms with Gasteiger partial charge < -0.3 is 13.7 Å². The van der Waals surface area contributed by atoms with Gasteiger partial charge in [-0.1, -0.05) is 18.7 Å². The summed E-state index contributed by atoms with van der Waals surface area (Å²) in [6, 6.07) is 6.95. The molecule has 0 aliphatic heterocycles. The maximum Gasteiger partial charge on any atom is 0.534 e. The fourth-order valence-electron chi connectivity index (χ4n) is 1.36. The van der Waals surface area contributed by atoms with Crippen LogP contribution in [-0.4, -0.2) is 27.6 Å². The van der Waals surface area contributed by atoms with Crippen LogP contribution in [0.25, 0.3) is 0 Å². The van der Waals surface area contributed by atoms with E-state index in [2.05, 4.69) is 10.8 Å². The molecule has 0 amide bonds. The van der Waals surface area contributed by atoms with Gasteiger partial charge in [0.1, 0.15) is 11.5 Å². The average molecular weight is 352 g/mol. The number of hydrogen-bond acceptors (Lipinski definition) is 5. The Morgan fingerprint density at radius 2 is 1.87 bits per heavy atom. The highest BCUT2D eigenvalue weighted by Gasteiger charge is 2.48. The zero-order valence-corrected chi connectivity index (χ0v) is 13.0.